The second-order valence-corrected chi connectivity index (χ2v) is 5.62. The van der Waals surface area contributed by atoms with Gasteiger partial charge in [-0.25, -0.2) is 4.98 Å². The third-order valence-corrected chi connectivity index (χ3v) is 3.88. The van der Waals surface area contributed by atoms with Crippen LogP contribution in [0, 0.1) is 0 Å². The first-order valence-electron chi connectivity index (χ1n) is 7.16. The van der Waals surface area contributed by atoms with Crippen LogP contribution in [0.3, 0.4) is 0 Å². The largest absolute Gasteiger partial charge is 0.497 e. The Morgan fingerprint density at radius 3 is 2.68 bits per heavy atom. The van der Waals surface area contributed by atoms with Crippen LogP contribution in [0.4, 0.5) is 5.82 Å². The van der Waals surface area contributed by atoms with E-state index >= 15 is 0 Å². The fourth-order valence-electron chi connectivity index (χ4n) is 2.44. The highest BCUT2D eigenvalue weighted by atomic mass is 35.5. The first-order chi connectivity index (χ1) is 10.7. The van der Waals surface area contributed by atoms with Crippen molar-refractivity contribution in [2.24, 2.45) is 0 Å². The molecular formula is C16H18ClN3O2. The van der Waals surface area contributed by atoms with E-state index in [2.05, 4.69) is 14.9 Å². The van der Waals surface area contributed by atoms with Gasteiger partial charge in [-0.3, -0.25) is 4.98 Å². The van der Waals surface area contributed by atoms with Crippen molar-refractivity contribution in [2.45, 2.75) is 25.4 Å². The normalized spacial score (nSPS) is 13.8. The molecule has 3 rings (SSSR count). The van der Waals surface area contributed by atoms with E-state index in [-0.39, 0.29) is 0 Å². The zero-order valence-corrected chi connectivity index (χ0v) is 13.4. The van der Waals surface area contributed by atoms with Crippen molar-refractivity contribution in [3.63, 3.8) is 0 Å². The molecule has 6 heteroatoms. The fraction of sp³-hybridized carbons (Fsp3) is 0.375. The molecule has 1 aliphatic carbocycles. The average molecular weight is 320 g/mol. The van der Waals surface area contributed by atoms with Crippen molar-refractivity contribution in [1.82, 2.24) is 9.97 Å². The van der Waals surface area contributed by atoms with Crippen molar-refractivity contribution in [2.75, 3.05) is 19.1 Å². The summed E-state index contributed by atoms with van der Waals surface area (Å²) < 4.78 is 10.8. The monoisotopic (exact) mass is 319 g/mol. The summed E-state index contributed by atoms with van der Waals surface area (Å²) in [6.45, 7) is 0.681. The molecule has 1 heterocycles. The Kier molecular flexibility index (Phi) is 4.34. The van der Waals surface area contributed by atoms with Gasteiger partial charge in [0.2, 0.25) is 0 Å². The lowest BCUT2D eigenvalue weighted by Crippen LogP contribution is -2.26. The molecule has 1 aromatic heterocycles. The van der Waals surface area contributed by atoms with Gasteiger partial charge in [0.05, 0.1) is 26.6 Å². The molecule has 1 aromatic carbocycles. The van der Waals surface area contributed by atoms with Gasteiger partial charge in [0.1, 0.15) is 22.5 Å². The van der Waals surface area contributed by atoms with Gasteiger partial charge in [-0.1, -0.05) is 11.6 Å². The minimum absolute atomic E-state index is 0.403. The molecule has 2 aromatic rings. The molecule has 1 aliphatic rings. The lowest BCUT2D eigenvalue weighted by Gasteiger charge is -2.24. The van der Waals surface area contributed by atoms with Gasteiger partial charge in [0, 0.05) is 18.2 Å². The summed E-state index contributed by atoms with van der Waals surface area (Å²) in [6, 6.07) is 6.28. The molecule has 0 N–H and O–H groups in total. The van der Waals surface area contributed by atoms with E-state index in [1.54, 1.807) is 26.6 Å². The van der Waals surface area contributed by atoms with Crippen LogP contribution in [0.2, 0.25) is 5.15 Å². The molecule has 22 heavy (non-hydrogen) atoms. The summed E-state index contributed by atoms with van der Waals surface area (Å²) >= 11 is 5.98. The molecule has 0 unspecified atom stereocenters. The Balaban J connectivity index is 1.91. The highest BCUT2D eigenvalue weighted by Crippen LogP contribution is 2.34. The lowest BCUT2D eigenvalue weighted by atomic mass is 10.1. The average Bonchev–Trinajstić information content (AvgIpc) is 3.37. The van der Waals surface area contributed by atoms with Crippen molar-refractivity contribution < 1.29 is 9.47 Å². The maximum absolute atomic E-state index is 5.98. The molecule has 0 radical (unpaired) electrons. The standard InChI is InChI=1S/C16H18ClN3O2/c1-21-13-5-6-14(22-2)11(7-13)10-20(12-3-4-12)16-9-18-8-15(17)19-16/h5-9,12H,3-4,10H2,1-2H3. The minimum atomic E-state index is 0.403. The second-order valence-electron chi connectivity index (χ2n) is 5.24. The van der Waals surface area contributed by atoms with Gasteiger partial charge >= 0.3 is 0 Å². The van der Waals surface area contributed by atoms with Crippen LogP contribution in [0.5, 0.6) is 11.5 Å². The summed E-state index contributed by atoms with van der Waals surface area (Å²) in [5.41, 5.74) is 1.05. The van der Waals surface area contributed by atoms with Crippen LogP contribution in [-0.2, 0) is 6.54 Å². The van der Waals surface area contributed by atoms with E-state index < -0.39 is 0 Å². The predicted octanol–water partition coefficient (Wildman–Crippen LogP) is 3.32. The highest BCUT2D eigenvalue weighted by Gasteiger charge is 2.31. The molecule has 5 nitrogen and oxygen atoms in total. The van der Waals surface area contributed by atoms with E-state index in [0.29, 0.717) is 17.7 Å². The van der Waals surface area contributed by atoms with Crippen molar-refractivity contribution in [3.05, 3.63) is 41.3 Å². The maximum Gasteiger partial charge on any atom is 0.149 e. The van der Waals surface area contributed by atoms with Crippen LogP contribution in [0.15, 0.2) is 30.6 Å². The fourth-order valence-corrected chi connectivity index (χ4v) is 2.59. The number of methoxy groups -OCH3 is 2. The van der Waals surface area contributed by atoms with Gasteiger partial charge in [-0.05, 0) is 31.0 Å². The van der Waals surface area contributed by atoms with Crippen LogP contribution in [0.1, 0.15) is 18.4 Å². The molecule has 1 saturated carbocycles. The van der Waals surface area contributed by atoms with Crippen molar-refractivity contribution >= 4 is 17.4 Å². The first-order valence-corrected chi connectivity index (χ1v) is 7.54. The number of anilines is 1. The van der Waals surface area contributed by atoms with E-state index in [1.165, 1.54) is 0 Å². The maximum atomic E-state index is 5.98. The van der Waals surface area contributed by atoms with Crippen LogP contribution in [-0.4, -0.2) is 30.2 Å². The third-order valence-electron chi connectivity index (χ3n) is 3.70. The van der Waals surface area contributed by atoms with E-state index in [9.17, 15) is 0 Å². The smallest absolute Gasteiger partial charge is 0.149 e. The SMILES string of the molecule is COc1ccc(OC)c(CN(c2cncc(Cl)n2)C2CC2)c1. The molecule has 1 fully saturated rings. The van der Waals surface area contributed by atoms with Gasteiger partial charge in [-0.15, -0.1) is 0 Å². The Bertz CT molecular complexity index is 662. The Hall–Kier alpha value is -2.01. The zero-order valence-electron chi connectivity index (χ0n) is 12.6. The number of ether oxygens (including phenoxy) is 2. The van der Waals surface area contributed by atoms with E-state index in [4.69, 9.17) is 21.1 Å². The predicted molar refractivity (Wildman–Crippen MR) is 85.8 cm³/mol. The Morgan fingerprint density at radius 1 is 1.23 bits per heavy atom. The van der Waals surface area contributed by atoms with Gasteiger partial charge in [0.25, 0.3) is 0 Å². The number of benzene rings is 1. The van der Waals surface area contributed by atoms with Gasteiger partial charge in [0.15, 0.2) is 0 Å². The number of aromatic nitrogens is 2. The van der Waals surface area contributed by atoms with Crippen molar-refractivity contribution in [1.29, 1.82) is 0 Å². The van der Waals surface area contributed by atoms with Crippen LogP contribution >= 0.6 is 11.6 Å². The second kappa shape index (κ2) is 6.40. The molecule has 116 valence electrons. The number of nitrogens with zero attached hydrogens (tertiary/aromatic N) is 3. The quantitative estimate of drug-likeness (QED) is 0.817. The van der Waals surface area contributed by atoms with E-state index in [0.717, 1.165) is 35.7 Å². The van der Waals surface area contributed by atoms with Gasteiger partial charge in [-0.2, -0.15) is 0 Å². The highest BCUT2D eigenvalue weighted by molar-refractivity contribution is 6.29. The van der Waals surface area contributed by atoms with E-state index in [1.807, 2.05) is 18.2 Å². The summed E-state index contributed by atoms with van der Waals surface area (Å²) in [7, 11) is 3.33. The number of rotatable bonds is 6. The molecule has 0 amide bonds. The van der Waals surface area contributed by atoms with Crippen LogP contribution < -0.4 is 14.4 Å². The summed E-state index contributed by atoms with van der Waals surface area (Å²) in [5, 5.41) is 0.403. The molecule has 0 bridgehead atoms. The Morgan fingerprint density at radius 2 is 2.05 bits per heavy atom. The molecule has 0 atom stereocenters. The number of hydrogen-bond donors (Lipinski definition) is 0. The first kappa shape index (κ1) is 14.9. The van der Waals surface area contributed by atoms with Crippen molar-refractivity contribution in [3.8, 4) is 11.5 Å². The number of hydrogen-bond acceptors (Lipinski definition) is 5. The summed E-state index contributed by atoms with van der Waals surface area (Å²) in [5.74, 6) is 2.44. The molecule has 0 aliphatic heterocycles. The lowest BCUT2D eigenvalue weighted by molar-refractivity contribution is 0.398. The van der Waals surface area contributed by atoms with Crippen LogP contribution in [0.25, 0.3) is 0 Å². The summed E-state index contributed by atoms with van der Waals surface area (Å²) in [6.07, 6.45) is 5.60. The number of halogens is 1. The molecule has 0 spiro atoms. The topological polar surface area (TPSA) is 47.5 Å². The third kappa shape index (κ3) is 3.25. The Labute approximate surface area is 134 Å². The minimum Gasteiger partial charge on any atom is -0.497 e. The molecular weight excluding hydrogens is 302 g/mol. The molecule has 0 saturated heterocycles. The summed E-state index contributed by atoms with van der Waals surface area (Å²) in [4.78, 5) is 10.7. The van der Waals surface area contributed by atoms with Gasteiger partial charge < -0.3 is 14.4 Å². The zero-order chi connectivity index (χ0) is 15.5.